The first kappa shape index (κ1) is 25.9. The first-order chi connectivity index (χ1) is 14.4. The van der Waals surface area contributed by atoms with E-state index in [1.54, 1.807) is 5.49 Å². The fourth-order valence-corrected chi connectivity index (χ4v) is 3.49. The largest absolute Gasteiger partial charge is 0.388 e. The molecule has 4 nitrogen and oxygen atoms in total. The van der Waals surface area contributed by atoms with Crippen LogP contribution in [0.3, 0.4) is 0 Å². The molecule has 6 heteroatoms. The van der Waals surface area contributed by atoms with Crippen molar-refractivity contribution >= 4 is 46.4 Å². The second kappa shape index (κ2) is 14.7. The van der Waals surface area contributed by atoms with Gasteiger partial charge in [0.25, 0.3) is 0 Å². The van der Waals surface area contributed by atoms with Crippen LogP contribution in [-0.2, 0) is 0 Å². The summed E-state index contributed by atoms with van der Waals surface area (Å²) in [6.45, 7) is 10.2. The van der Waals surface area contributed by atoms with Gasteiger partial charge in [-0.05, 0) is 81.4 Å². The number of unbranched alkanes of at least 4 members (excludes halogenated alkanes) is 2. The molecule has 0 atom stereocenters. The van der Waals surface area contributed by atoms with Gasteiger partial charge in [-0.25, -0.2) is 0 Å². The summed E-state index contributed by atoms with van der Waals surface area (Å²) in [5.41, 5.74) is 8.96. The molecule has 0 saturated carbocycles. The van der Waals surface area contributed by atoms with Crippen LogP contribution in [0.25, 0.3) is 0 Å². The van der Waals surface area contributed by atoms with Crippen molar-refractivity contribution in [3.63, 3.8) is 0 Å². The van der Waals surface area contributed by atoms with Crippen LogP contribution in [0, 0.1) is 27.7 Å². The van der Waals surface area contributed by atoms with Gasteiger partial charge in [-0.15, -0.1) is 0 Å². The molecule has 2 aromatic rings. The summed E-state index contributed by atoms with van der Waals surface area (Å²) < 4.78 is 0. The van der Waals surface area contributed by atoms with Crippen molar-refractivity contribution < 1.29 is 0 Å². The highest BCUT2D eigenvalue weighted by atomic mass is 32.1. The van der Waals surface area contributed by atoms with E-state index in [0.29, 0.717) is 5.11 Å². The SMILES string of the molecule is CNc1c(C)cccc1C.Cc1cccc(C)c1NC(=S)NCCCCCNC=S. The van der Waals surface area contributed by atoms with Crippen LogP contribution >= 0.6 is 24.4 Å². The van der Waals surface area contributed by atoms with Crippen molar-refractivity contribution in [2.75, 3.05) is 30.8 Å². The Hall–Kier alpha value is -2.18. The molecule has 30 heavy (non-hydrogen) atoms. The molecule has 0 amide bonds. The van der Waals surface area contributed by atoms with E-state index in [0.717, 1.165) is 38.0 Å². The summed E-state index contributed by atoms with van der Waals surface area (Å²) in [5, 5.41) is 13.4. The Morgan fingerprint density at radius 1 is 0.800 bits per heavy atom. The minimum Gasteiger partial charge on any atom is -0.388 e. The average Bonchev–Trinajstić information content (AvgIpc) is 2.71. The minimum atomic E-state index is 0.694. The molecule has 164 valence electrons. The number of benzene rings is 2. The molecule has 0 heterocycles. The quantitative estimate of drug-likeness (QED) is 0.296. The van der Waals surface area contributed by atoms with E-state index >= 15 is 0 Å². The third-order valence-electron chi connectivity index (χ3n) is 4.82. The lowest BCUT2D eigenvalue weighted by Gasteiger charge is -2.14. The molecule has 0 aromatic heterocycles. The van der Waals surface area contributed by atoms with Crippen molar-refractivity contribution in [1.29, 1.82) is 0 Å². The van der Waals surface area contributed by atoms with Gasteiger partial charge in [-0.3, -0.25) is 0 Å². The molecule has 0 spiro atoms. The summed E-state index contributed by atoms with van der Waals surface area (Å²) in [6.07, 6.45) is 3.40. The van der Waals surface area contributed by atoms with Crippen LogP contribution in [0.1, 0.15) is 41.5 Å². The fraction of sp³-hybridized carbons (Fsp3) is 0.417. The van der Waals surface area contributed by atoms with E-state index < -0.39 is 0 Å². The van der Waals surface area contributed by atoms with Crippen LogP contribution in [0.5, 0.6) is 0 Å². The summed E-state index contributed by atoms with van der Waals surface area (Å²) >= 11 is 10.0. The third-order valence-corrected chi connectivity index (χ3v) is 5.23. The van der Waals surface area contributed by atoms with E-state index in [9.17, 15) is 0 Å². The zero-order chi connectivity index (χ0) is 22.4. The van der Waals surface area contributed by atoms with Crippen molar-refractivity contribution in [1.82, 2.24) is 10.6 Å². The van der Waals surface area contributed by atoms with Gasteiger partial charge in [0.15, 0.2) is 5.11 Å². The molecule has 2 rings (SSSR count). The maximum absolute atomic E-state index is 5.32. The lowest BCUT2D eigenvalue weighted by atomic mass is 10.1. The third kappa shape index (κ3) is 9.55. The van der Waals surface area contributed by atoms with Crippen molar-refractivity contribution in [3.05, 3.63) is 58.7 Å². The molecule has 0 saturated heterocycles. The molecule has 0 fully saturated rings. The second-order valence-corrected chi connectivity index (χ2v) is 7.94. The summed E-state index contributed by atoms with van der Waals surface area (Å²) in [5.74, 6) is 0. The normalized spacial score (nSPS) is 9.77. The lowest BCUT2D eigenvalue weighted by molar-refractivity contribution is 0.657. The first-order valence-corrected chi connectivity index (χ1v) is 11.3. The minimum absolute atomic E-state index is 0.694. The van der Waals surface area contributed by atoms with E-state index in [4.69, 9.17) is 24.4 Å². The Bertz CT molecular complexity index is 765. The van der Waals surface area contributed by atoms with Gasteiger partial charge in [0.05, 0.1) is 5.49 Å². The number of para-hydroxylation sites is 2. The Labute approximate surface area is 193 Å². The van der Waals surface area contributed by atoms with Gasteiger partial charge in [-0.1, -0.05) is 48.6 Å². The number of rotatable bonds is 9. The molecule has 0 aliphatic carbocycles. The number of hydrogen-bond acceptors (Lipinski definition) is 3. The van der Waals surface area contributed by atoms with Crippen LogP contribution in [0.2, 0.25) is 0 Å². The van der Waals surface area contributed by atoms with Crippen LogP contribution in [-0.4, -0.2) is 30.7 Å². The predicted molar refractivity (Wildman–Crippen MR) is 141 cm³/mol. The zero-order valence-electron chi connectivity index (χ0n) is 18.9. The molecule has 0 aliphatic rings. The fourth-order valence-electron chi connectivity index (χ4n) is 3.17. The highest BCUT2D eigenvalue weighted by molar-refractivity contribution is 7.80. The Morgan fingerprint density at radius 3 is 1.77 bits per heavy atom. The van der Waals surface area contributed by atoms with Gasteiger partial charge >= 0.3 is 0 Å². The average molecular weight is 445 g/mol. The molecule has 0 unspecified atom stereocenters. The number of aryl methyl sites for hydroxylation is 4. The van der Waals surface area contributed by atoms with Crippen molar-refractivity contribution in [2.24, 2.45) is 0 Å². The standard InChI is InChI=1S/C15H23N3S2.C9H13N/c1-12-7-6-8-13(2)14(12)18-15(20)17-10-5-3-4-9-16-11-19;1-7-5-4-6-8(2)9(7)10-3/h6-8,11H,3-5,9-10H2,1-2H3,(H,16,19)(H2,17,18,20);4-6,10H,1-3H3. The van der Waals surface area contributed by atoms with Gasteiger partial charge in [0.1, 0.15) is 0 Å². The molecule has 0 aliphatic heterocycles. The second-order valence-electron chi connectivity index (χ2n) is 7.30. The molecular formula is C24H36N4S2. The molecule has 4 N–H and O–H groups in total. The Kier molecular flexibility index (Phi) is 12.7. The van der Waals surface area contributed by atoms with Crippen molar-refractivity contribution in [3.8, 4) is 0 Å². The monoisotopic (exact) mass is 444 g/mol. The highest BCUT2D eigenvalue weighted by Gasteiger charge is 2.03. The first-order valence-electron chi connectivity index (χ1n) is 10.4. The van der Waals surface area contributed by atoms with E-state index in [1.165, 1.54) is 27.9 Å². The summed E-state index contributed by atoms with van der Waals surface area (Å²) in [4.78, 5) is 0. The van der Waals surface area contributed by atoms with Gasteiger partial charge in [0, 0.05) is 31.5 Å². The number of thiocarbonyl (C=S) groups is 2. The summed E-state index contributed by atoms with van der Waals surface area (Å²) in [7, 11) is 1.95. The molecule has 0 radical (unpaired) electrons. The van der Waals surface area contributed by atoms with E-state index in [1.807, 2.05) is 7.05 Å². The Morgan fingerprint density at radius 2 is 1.30 bits per heavy atom. The number of anilines is 2. The number of nitrogens with one attached hydrogen (secondary N) is 4. The number of hydrogen-bond donors (Lipinski definition) is 4. The van der Waals surface area contributed by atoms with E-state index in [2.05, 4.69) is 85.4 Å². The smallest absolute Gasteiger partial charge is 0.170 e. The maximum atomic E-state index is 5.32. The van der Waals surface area contributed by atoms with Crippen molar-refractivity contribution in [2.45, 2.75) is 47.0 Å². The van der Waals surface area contributed by atoms with Gasteiger partial charge in [0.2, 0.25) is 0 Å². The van der Waals surface area contributed by atoms with Crippen LogP contribution < -0.4 is 21.3 Å². The zero-order valence-corrected chi connectivity index (χ0v) is 20.5. The predicted octanol–water partition coefficient (Wildman–Crippen LogP) is 5.65. The van der Waals surface area contributed by atoms with Gasteiger partial charge in [-0.2, -0.15) is 0 Å². The highest BCUT2D eigenvalue weighted by Crippen LogP contribution is 2.19. The molecule has 0 bridgehead atoms. The van der Waals surface area contributed by atoms with Crippen LogP contribution in [0.4, 0.5) is 11.4 Å². The van der Waals surface area contributed by atoms with E-state index in [-0.39, 0.29) is 0 Å². The Balaban J connectivity index is 0.000000375. The maximum Gasteiger partial charge on any atom is 0.170 e. The molecule has 2 aromatic carbocycles. The van der Waals surface area contributed by atoms with Gasteiger partial charge < -0.3 is 21.3 Å². The lowest BCUT2D eigenvalue weighted by Crippen LogP contribution is -2.29. The topological polar surface area (TPSA) is 48.1 Å². The molecular weight excluding hydrogens is 408 g/mol. The van der Waals surface area contributed by atoms with Crippen LogP contribution in [0.15, 0.2) is 36.4 Å². The summed E-state index contributed by atoms with van der Waals surface area (Å²) in [6, 6.07) is 12.5.